The number of esters is 4. The molecule has 0 aromatic heterocycles. The predicted octanol–water partition coefficient (Wildman–Crippen LogP) is 20.1. The molecule has 0 aliphatic rings. The molecule has 17 nitrogen and oxygen atoms in total. The number of aliphatic hydroxyl groups is 1. The molecular formula is C71H138O17P2. The van der Waals surface area contributed by atoms with Crippen LogP contribution in [-0.2, 0) is 65.4 Å². The van der Waals surface area contributed by atoms with Gasteiger partial charge >= 0.3 is 39.5 Å². The molecule has 0 heterocycles. The van der Waals surface area contributed by atoms with E-state index in [1.165, 1.54) is 141 Å². The van der Waals surface area contributed by atoms with Gasteiger partial charge in [0.15, 0.2) is 12.2 Å². The summed E-state index contributed by atoms with van der Waals surface area (Å²) < 4.78 is 68.3. The number of phosphoric acid groups is 2. The fourth-order valence-corrected chi connectivity index (χ4v) is 12.2. The van der Waals surface area contributed by atoms with Gasteiger partial charge in [-0.3, -0.25) is 37.3 Å². The van der Waals surface area contributed by atoms with Gasteiger partial charge in [0.2, 0.25) is 0 Å². The minimum absolute atomic E-state index is 0.103. The van der Waals surface area contributed by atoms with Crippen molar-refractivity contribution in [3.05, 3.63) is 0 Å². The quantitative estimate of drug-likeness (QED) is 0.0222. The van der Waals surface area contributed by atoms with Gasteiger partial charge in [-0.05, 0) is 49.4 Å². The molecule has 19 heteroatoms. The van der Waals surface area contributed by atoms with E-state index in [9.17, 15) is 43.2 Å². The predicted molar refractivity (Wildman–Crippen MR) is 363 cm³/mol. The van der Waals surface area contributed by atoms with Gasteiger partial charge in [-0.15, -0.1) is 0 Å². The molecule has 0 aromatic rings. The van der Waals surface area contributed by atoms with Gasteiger partial charge in [-0.2, -0.15) is 0 Å². The zero-order valence-corrected chi connectivity index (χ0v) is 60.6. The standard InChI is InChI=1S/C71H138O17P2/c1-9-63(7)49-41-33-27-29-35-43-51-68(73)81-57-66(87-70(75)53-45-37-25-20-18-16-14-12-11-13-15-17-19-23-31-39-47-61(3)4)59-85-89(77,78)83-55-65(72)56-84-90(79,80)86-60-67(58-82-69(74)52-44-36-30-28-34-42-50-64(8)10-2)88-71(76)54-46-38-26-22-21-24-32-40-48-62(5)6/h61-67,72H,9-60H2,1-8H3,(H,77,78)(H,79,80)/t63?,64?,65-,66-,67-/m1/s1. The first-order chi connectivity index (χ1) is 43.2. The minimum atomic E-state index is -4.95. The second-order valence-corrected chi connectivity index (χ2v) is 30.0. The Hall–Kier alpha value is -1.94. The Morgan fingerprint density at radius 1 is 0.311 bits per heavy atom. The van der Waals surface area contributed by atoms with E-state index in [1.807, 2.05) is 0 Å². The van der Waals surface area contributed by atoms with Crippen LogP contribution >= 0.6 is 15.6 Å². The lowest BCUT2D eigenvalue weighted by molar-refractivity contribution is -0.161. The highest BCUT2D eigenvalue weighted by Gasteiger charge is 2.30. The van der Waals surface area contributed by atoms with Crippen LogP contribution in [0.25, 0.3) is 0 Å². The van der Waals surface area contributed by atoms with E-state index in [1.54, 1.807) is 0 Å². The highest BCUT2D eigenvalue weighted by atomic mass is 31.2. The van der Waals surface area contributed by atoms with Crippen molar-refractivity contribution in [1.82, 2.24) is 0 Å². The van der Waals surface area contributed by atoms with Gasteiger partial charge in [0, 0.05) is 25.7 Å². The number of carbonyl (C=O) groups excluding carboxylic acids is 4. The lowest BCUT2D eigenvalue weighted by atomic mass is 10.00. The number of rotatable bonds is 68. The SMILES string of the molecule is CCC(C)CCCCCCCCC(=O)OC[C@H](COP(=O)(O)OC[C@@H](O)COP(=O)(O)OC[C@@H](COC(=O)CCCCCCCCC(C)CC)OC(=O)CCCCCCCCCCC(C)C)OC(=O)CCCCCCCCCCCCCCCCCCC(C)C. The molecule has 0 saturated heterocycles. The van der Waals surface area contributed by atoms with Crippen molar-refractivity contribution in [2.24, 2.45) is 23.7 Å². The molecule has 0 amide bonds. The van der Waals surface area contributed by atoms with Gasteiger partial charge in [0.1, 0.15) is 19.3 Å². The number of unbranched alkanes of at least 4 members (excludes halogenated alkanes) is 32. The summed E-state index contributed by atoms with van der Waals surface area (Å²) in [6, 6.07) is 0. The van der Waals surface area contributed by atoms with Crippen molar-refractivity contribution in [2.45, 2.75) is 369 Å². The van der Waals surface area contributed by atoms with E-state index in [4.69, 9.17) is 37.0 Å². The third kappa shape index (κ3) is 62.2. The zero-order valence-electron chi connectivity index (χ0n) is 58.8. The van der Waals surface area contributed by atoms with Crippen molar-refractivity contribution in [3.8, 4) is 0 Å². The van der Waals surface area contributed by atoms with Gasteiger partial charge < -0.3 is 33.8 Å². The van der Waals surface area contributed by atoms with Gasteiger partial charge in [-0.1, -0.05) is 299 Å². The van der Waals surface area contributed by atoms with Crippen molar-refractivity contribution in [3.63, 3.8) is 0 Å². The largest absolute Gasteiger partial charge is 0.472 e. The number of hydrogen-bond donors (Lipinski definition) is 3. The summed E-state index contributed by atoms with van der Waals surface area (Å²) >= 11 is 0. The lowest BCUT2D eigenvalue weighted by Crippen LogP contribution is -2.30. The maximum atomic E-state index is 13.0. The van der Waals surface area contributed by atoms with Crippen LogP contribution in [0.1, 0.15) is 351 Å². The molecule has 0 spiro atoms. The van der Waals surface area contributed by atoms with E-state index in [-0.39, 0.29) is 25.7 Å². The Morgan fingerprint density at radius 3 is 0.789 bits per heavy atom. The van der Waals surface area contributed by atoms with E-state index in [2.05, 4.69) is 55.4 Å². The van der Waals surface area contributed by atoms with Crippen LogP contribution in [-0.4, -0.2) is 96.7 Å². The Balaban J connectivity index is 5.21. The molecule has 3 N–H and O–H groups in total. The molecule has 0 saturated carbocycles. The number of aliphatic hydroxyl groups excluding tert-OH is 1. The Morgan fingerprint density at radius 2 is 0.533 bits per heavy atom. The number of ether oxygens (including phenoxy) is 4. The summed E-state index contributed by atoms with van der Waals surface area (Å²) in [5.41, 5.74) is 0. The van der Waals surface area contributed by atoms with E-state index in [0.29, 0.717) is 25.7 Å². The van der Waals surface area contributed by atoms with E-state index >= 15 is 0 Å². The van der Waals surface area contributed by atoms with Crippen LogP contribution in [0.5, 0.6) is 0 Å². The average molecular weight is 1330 g/mol. The summed E-state index contributed by atoms with van der Waals surface area (Å²) in [5.74, 6) is 0.857. The van der Waals surface area contributed by atoms with Crippen LogP contribution in [0.2, 0.25) is 0 Å². The van der Waals surface area contributed by atoms with Crippen molar-refractivity contribution in [1.29, 1.82) is 0 Å². The maximum Gasteiger partial charge on any atom is 0.472 e. The van der Waals surface area contributed by atoms with Gasteiger partial charge in [0.05, 0.1) is 26.4 Å². The average Bonchev–Trinajstić information content (AvgIpc) is 3.15. The molecule has 4 unspecified atom stereocenters. The van der Waals surface area contributed by atoms with Crippen LogP contribution in [0.15, 0.2) is 0 Å². The van der Waals surface area contributed by atoms with Crippen LogP contribution < -0.4 is 0 Å². The number of phosphoric ester groups is 2. The van der Waals surface area contributed by atoms with Crippen molar-refractivity contribution >= 4 is 39.5 Å². The molecule has 0 aliphatic carbocycles. The van der Waals surface area contributed by atoms with Gasteiger partial charge in [0.25, 0.3) is 0 Å². The molecule has 0 aliphatic heterocycles. The van der Waals surface area contributed by atoms with Crippen LogP contribution in [0.4, 0.5) is 0 Å². The van der Waals surface area contributed by atoms with Crippen molar-refractivity contribution in [2.75, 3.05) is 39.6 Å². The van der Waals surface area contributed by atoms with Crippen molar-refractivity contribution < 1.29 is 80.2 Å². The van der Waals surface area contributed by atoms with E-state index in [0.717, 1.165) is 126 Å². The molecule has 534 valence electrons. The second kappa shape index (κ2) is 60.7. The molecule has 90 heavy (non-hydrogen) atoms. The fourth-order valence-electron chi connectivity index (χ4n) is 10.6. The molecule has 0 radical (unpaired) electrons. The topological polar surface area (TPSA) is 237 Å². The highest BCUT2D eigenvalue weighted by Crippen LogP contribution is 2.45. The summed E-state index contributed by atoms with van der Waals surface area (Å²) in [6.07, 6.45) is 43.2. The molecule has 0 bridgehead atoms. The third-order valence-electron chi connectivity index (χ3n) is 17.0. The van der Waals surface area contributed by atoms with Crippen LogP contribution in [0.3, 0.4) is 0 Å². The second-order valence-electron chi connectivity index (χ2n) is 27.1. The smallest absolute Gasteiger partial charge is 0.462 e. The fraction of sp³-hybridized carbons (Fsp3) is 0.944. The first-order valence-electron chi connectivity index (χ1n) is 36.8. The molecular weight excluding hydrogens is 1190 g/mol. The number of carbonyl (C=O) groups is 4. The third-order valence-corrected chi connectivity index (χ3v) is 18.9. The molecule has 0 aromatic carbocycles. The van der Waals surface area contributed by atoms with Crippen LogP contribution in [0, 0.1) is 23.7 Å². The summed E-state index contributed by atoms with van der Waals surface area (Å²) in [6.45, 7) is 14.1. The maximum absolute atomic E-state index is 13.0. The summed E-state index contributed by atoms with van der Waals surface area (Å²) in [4.78, 5) is 72.5. The first-order valence-corrected chi connectivity index (χ1v) is 39.8. The molecule has 0 fully saturated rings. The normalized spacial score (nSPS) is 14.9. The Labute approximate surface area is 549 Å². The lowest BCUT2D eigenvalue weighted by Gasteiger charge is -2.21. The summed E-state index contributed by atoms with van der Waals surface area (Å²) in [5, 5.41) is 10.6. The monoisotopic (exact) mass is 1320 g/mol. The zero-order chi connectivity index (χ0) is 66.8. The number of hydrogen-bond acceptors (Lipinski definition) is 15. The summed E-state index contributed by atoms with van der Waals surface area (Å²) in [7, 11) is -9.90. The minimum Gasteiger partial charge on any atom is -0.462 e. The Kier molecular flexibility index (Phi) is 59.4. The Bertz CT molecular complexity index is 1790. The van der Waals surface area contributed by atoms with Gasteiger partial charge in [-0.25, -0.2) is 9.13 Å². The molecule has 7 atom stereocenters. The highest BCUT2D eigenvalue weighted by molar-refractivity contribution is 7.47. The van der Waals surface area contributed by atoms with E-state index < -0.39 is 97.5 Å². The first kappa shape index (κ1) is 88.1. The molecule has 0 rings (SSSR count).